The first-order valence-electron chi connectivity index (χ1n) is 8.65. The maximum atomic E-state index is 12.7. The van der Waals surface area contributed by atoms with Crippen LogP contribution in [0.2, 0.25) is 0 Å². The number of carbonyl (C=O) groups excluding carboxylic acids is 1. The number of furan rings is 1. The van der Waals surface area contributed by atoms with Gasteiger partial charge in [-0.3, -0.25) is 10.1 Å². The number of fused-ring (bicyclic) bond motifs is 1. The van der Waals surface area contributed by atoms with Gasteiger partial charge in [-0.15, -0.1) is 0 Å². The van der Waals surface area contributed by atoms with Gasteiger partial charge in [-0.1, -0.05) is 36.4 Å². The molecule has 2 aromatic carbocycles. The second kappa shape index (κ2) is 7.53. The van der Waals surface area contributed by atoms with Crippen molar-refractivity contribution in [3.63, 3.8) is 0 Å². The number of benzene rings is 2. The van der Waals surface area contributed by atoms with Crippen molar-refractivity contribution in [2.75, 3.05) is 11.4 Å². The van der Waals surface area contributed by atoms with E-state index in [2.05, 4.69) is 5.32 Å². The van der Waals surface area contributed by atoms with Gasteiger partial charge in [0.1, 0.15) is 11.3 Å². The van der Waals surface area contributed by atoms with Crippen molar-refractivity contribution in [1.29, 1.82) is 0 Å². The second-order valence-corrected chi connectivity index (χ2v) is 6.48. The third kappa shape index (κ3) is 3.91. The maximum absolute atomic E-state index is 12.7. The van der Waals surface area contributed by atoms with Gasteiger partial charge in [0, 0.05) is 17.1 Å². The number of carbonyl (C=O) groups is 1. The Kier molecular flexibility index (Phi) is 5.19. The third-order valence-electron chi connectivity index (χ3n) is 4.25. The summed E-state index contributed by atoms with van der Waals surface area (Å²) in [5.41, 5.74) is 1.78. The van der Waals surface area contributed by atoms with E-state index in [1.807, 2.05) is 86.3 Å². The maximum Gasteiger partial charge on any atom is 0.241 e. The smallest absolute Gasteiger partial charge is 0.241 e. The monoisotopic (exact) mass is 336 g/mol. The summed E-state index contributed by atoms with van der Waals surface area (Å²) in [5, 5.41) is 4.35. The summed E-state index contributed by atoms with van der Waals surface area (Å²) in [4.78, 5) is 14.5. The van der Waals surface area contributed by atoms with Crippen LogP contribution in [0.25, 0.3) is 11.0 Å². The van der Waals surface area contributed by atoms with E-state index in [4.69, 9.17) is 4.42 Å². The average Bonchev–Trinajstić information content (AvgIpc) is 3.04. The molecule has 1 amide bonds. The van der Waals surface area contributed by atoms with Gasteiger partial charge in [-0.05, 0) is 45.0 Å². The number of nitrogens with zero attached hydrogens (tertiary/aromatic N) is 1. The van der Waals surface area contributed by atoms with Crippen molar-refractivity contribution in [3.8, 4) is 0 Å². The molecule has 0 bridgehead atoms. The Balaban J connectivity index is 1.67. The molecule has 1 unspecified atom stereocenters. The van der Waals surface area contributed by atoms with E-state index in [1.165, 1.54) is 0 Å². The van der Waals surface area contributed by atoms with E-state index in [9.17, 15) is 4.79 Å². The van der Waals surface area contributed by atoms with Crippen molar-refractivity contribution < 1.29 is 9.21 Å². The zero-order valence-corrected chi connectivity index (χ0v) is 14.9. The van der Waals surface area contributed by atoms with Crippen LogP contribution < -0.4 is 10.2 Å². The molecule has 1 aromatic heterocycles. The number of hydrogen-bond donors (Lipinski definition) is 1. The number of nitrogens with one attached hydrogen (secondary N) is 1. The number of rotatable bonds is 6. The fraction of sp³-hybridized carbons (Fsp3) is 0.286. The van der Waals surface area contributed by atoms with E-state index in [1.54, 1.807) is 0 Å². The highest BCUT2D eigenvalue weighted by atomic mass is 16.3. The van der Waals surface area contributed by atoms with Crippen molar-refractivity contribution in [3.05, 3.63) is 66.4 Å². The average molecular weight is 336 g/mol. The second-order valence-electron chi connectivity index (χ2n) is 6.48. The zero-order chi connectivity index (χ0) is 17.8. The van der Waals surface area contributed by atoms with Crippen molar-refractivity contribution in [2.24, 2.45) is 0 Å². The molecule has 0 aliphatic carbocycles. The van der Waals surface area contributed by atoms with Gasteiger partial charge in [0.05, 0.1) is 12.6 Å². The molecule has 0 saturated heterocycles. The van der Waals surface area contributed by atoms with Crippen LogP contribution >= 0.6 is 0 Å². The molecule has 1 atom stereocenters. The SMILES string of the molecule is CC(NCC(=O)N(c1ccccc1)C(C)C)c1cc2ccccc2o1. The van der Waals surface area contributed by atoms with Crippen LogP contribution in [0, 0.1) is 0 Å². The van der Waals surface area contributed by atoms with Crippen molar-refractivity contribution in [2.45, 2.75) is 32.9 Å². The van der Waals surface area contributed by atoms with E-state index in [0.717, 1.165) is 22.4 Å². The molecule has 0 spiro atoms. The van der Waals surface area contributed by atoms with Gasteiger partial charge >= 0.3 is 0 Å². The first-order chi connectivity index (χ1) is 12.1. The van der Waals surface area contributed by atoms with Crippen LogP contribution in [-0.4, -0.2) is 18.5 Å². The molecule has 0 aliphatic heterocycles. The Hall–Kier alpha value is -2.59. The summed E-state index contributed by atoms with van der Waals surface area (Å²) in [7, 11) is 0. The van der Waals surface area contributed by atoms with Crippen molar-refractivity contribution in [1.82, 2.24) is 5.32 Å². The molecule has 0 saturated carbocycles. The number of hydrogen-bond acceptors (Lipinski definition) is 3. The standard InChI is InChI=1S/C21H24N2O2/c1-15(2)23(18-10-5-4-6-11-18)21(24)14-22-16(3)20-13-17-9-7-8-12-19(17)25-20/h4-13,15-16,22H,14H2,1-3H3. The molecule has 3 aromatic rings. The fourth-order valence-corrected chi connectivity index (χ4v) is 2.96. The van der Waals surface area contributed by atoms with Crippen LogP contribution in [-0.2, 0) is 4.79 Å². The molecule has 0 fully saturated rings. The van der Waals surface area contributed by atoms with Crippen LogP contribution in [0.1, 0.15) is 32.6 Å². The quantitative estimate of drug-likeness (QED) is 0.719. The van der Waals surface area contributed by atoms with Crippen LogP contribution in [0.15, 0.2) is 65.1 Å². The molecule has 3 rings (SSSR count). The number of anilines is 1. The summed E-state index contributed by atoms with van der Waals surface area (Å²) in [5.74, 6) is 0.883. The third-order valence-corrected chi connectivity index (χ3v) is 4.25. The lowest BCUT2D eigenvalue weighted by atomic mass is 10.2. The minimum Gasteiger partial charge on any atom is -0.459 e. The van der Waals surface area contributed by atoms with E-state index in [0.29, 0.717) is 0 Å². The lowest BCUT2D eigenvalue weighted by Crippen LogP contribution is -2.43. The van der Waals surface area contributed by atoms with Gasteiger partial charge in [0.2, 0.25) is 5.91 Å². The van der Waals surface area contributed by atoms with Crippen LogP contribution in [0.5, 0.6) is 0 Å². The summed E-state index contributed by atoms with van der Waals surface area (Å²) >= 11 is 0. The molecule has 130 valence electrons. The molecule has 4 nitrogen and oxygen atoms in total. The summed E-state index contributed by atoms with van der Waals surface area (Å²) < 4.78 is 5.87. The van der Waals surface area contributed by atoms with E-state index >= 15 is 0 Å². The highest BCUT2D eigenvalue weighted by Gasteiger charge is 2.20. The molecule has 1 heterocycles. The first-order valence-corrected chi connectivity index (χ1v) is 8.65. The van der Waals surface area contributed by atoms with E-state index < -0.39 is 0 Å². The van der Waals surface area contributed by atoms with Crippen LogP contribution in [0.3, 0.4) is 0 Å². The topological polar surface area (TPSA) is 45.5 Å². The Morgan fingerprint density at radius 2 is 1.72 bits per heavy atom. The first kappa shape index (κ1) is 17.2. The molecule has 1 N–H and O–H groups in total. The van der Waals surface area contributed by atoms with Crippen molar-refractivity contribution >= 4 is 22.6 Å². The normalized spacial score (nSPS) is 12.5. The lowest BCUT2D eigenvalue weighted by molar-refractivity contribution is -0.118. The largest absolute Gasteiger partial charge is 0.459 e. The Morgan fingerprint density at radius 3 is 2.40 bits per heavy atom. The minimum absolute atomic E-state index is 0.0406. The van der Waals surface area contributed by atoms with Gasteiger partial charge in [0.15, 0.2) is 0 Å². The van der Waals surface area contributed by atoms with E-state index in [-0.39, 0.29) is 24.5 Å². The summed E-state index contributed by atoms with van der Waals surface area (Å²) in [6, 6.07) is 19.8. The Morgan fingerprint density at radius 1 is 1.04 bits per heavy atom. The van der Waals surface area contributed by atoms with Gasteiger partial charge < -0.3 is 9.32 Å². The highest BCUT2D eigenvalue weighted by molar-refractivity contribution is 5.95. The number of amides is 1. The fourth-order valence-electron chi connectivity index (χ4n) is 2.96. The van der Waals surface area contributed by atoms with Gasteiger partial charge in [0.25, 0.3) is 0 Å². The van der Waals surface area contributed by atoms with Gasteiger partial charge in [-0.2, -0.15) is 0 Å². The summed E-state index contributed by atoms with van der Waals surface area (Å²) in [6.07, 6.45) is 0. The molecular weight excluding hydrogens is 312 g/mol. The number of para-hydroxylation sites is 2. The zero-order valence-electron chi connectivity index (χ0n) is 14.9. The minimum atomic E-state index is -0.0406. The Bertz CT molecular complexity index is 806. The summed E-state index contributed by atoms with van der Waals surface area (Å²) in [6.45, 7) is 6.31. The lowest BCUT2D eigenvalue weighted by Gasteiger charge is -2.27. The predicted molar refractivity (Wildman–Crippen MR) is 102 cm³/mol. The van der Waals surface area contributed by atoms with Gasteiger partial charge in [-0.25, -0.2) is 0 Å². The molecule has 4 heteroatoms. The molecule has 25 heavy (non-hydrogen) atoms. The molecule has 0 radical (unpaired) electrons. The Labute approximate surface area is 148 Å². The molecule has 0 aliphatic rings. The van der Waals surface area contributed by atoms with Crippen LogP contribution in [0.4, 0.5) is 5.69 Å². The predicted octanol–water partition coefficient (Wildman–Crippen LogP) is 4.53. The molecular formula is C21H24N2O2. The highest BCUT2D eigenvalue weighted by Crippen LogP contribution is 2.23.